The number of carbonyl (C=O) groups excluding carboxylic acids is 12. The Hall–Kier alpha value is -9.54. The number of aromatic nitrogens is 4. The summed E-state index contributed by atoms with van der Waals surface area (Å²) in [7, 11) is -1.49. The minimum Gasteiger partial charge on any atom is -0.508 e. The Labute approximate surface area is 646 Å². The van der Waals surface area contributed by atoms with Gasteiger partial charge in [0.25, 0.3) is 5.91 Å². The Morgan fingerprint density at radius 2 is 1.14 bits per heavy atom. The molecule has 4 saturated heterocycles. The van der Waals surface area contributed by atoms with Gasteiger partial charge in [0.2, 0.25) is 65.0 Å². The highest BCUT2D eigenvalue weighted by atomic mass is 32.2. The highest BCUT2D eigenvalue weighted by Crippen LogP contribution is 2.67. The van der Waals surface area contributed by atoms with E-state index in [0.717, 1.165) is 12.8 Å². The Kier molecular flexibility index (Phi) is 25.4. The third-order valence-electron chi connectivity index (χ3n) is 24.9. The van der Waals surface area contributed by atoms with Gasteiger partial charge in [-0.05, 0) is 132 Å². The van der Waals surface area contributed by atoms with Gasteiger partial charge in [-0.2, -0.15) is 0 Å². The molecule has 0 radical (unpaired) electrons. The first kappa shape index (κ1) is 82.4. The van der Waals surface area contributed by atoms with E-state index in [2.05, 4.69) is 74.2 Å². The molecule has 1 spiro atoms. The third-order valence-corrected chi connectivity index (χ3v) is 25.7. The molecule has 6 aliphatic heterocycles. The molecule has 6 fully saturated rings. The van der Waals surface area contributed by atoms with E-state index in [1.54, 1.807) is 0 Å². The van der Waals surface area contributed by atoms with Gasteiger partial charge in [0.15, 0.2) is 0 Å². The number of nitrogens with zero attached hydrogens (tertiary/aromatic N) is 7. The fourth-order valence-corrected chi connectivity index (χ4v) is 19.6. The average Bonchev–Trinajstić information content (AvgIpc) is 1.60. The van der Waals surface area contributed by atoms with Crippen LogP contribution in [0.1, 0.15) is 190 Å². The van der Waals surface area contributed by atoms with Crippen molar-refractivity contribution in [3.63, 3.8) is 0 Å². The van der Waals surface area contributed by atoms with Crippen molar-refractivity contribution in [3.8, 4) is 11.5 Å². The summed E-state index contributed by atoms with van der Waals surface area (Å²) in [5, 5.41) is 46.8. The van der Waals surface area contributed by atoms with Gasteiger partial charge in [-0.1, -0.05) is 41.5 Å². The first-order valence-corrected chi connectivity index (χ1v) is 40.7. The van der Waals surface area contributed by atoms with Crippen LogP contribution in [0.4, 0.5) is 0 Å². The topological polar surface area (TPSA) is 495 Å². The summed E-state index contributed by atoms with van der Waals surface area (Å²) in [5.41, 5.74) is 11.4. The van der Waals surface area contributed by atoms with Crippen LogP contribution in [0.2, 0.25) is 0 Å². The van der Waals surface area contributed by atoms with Crippen LogP contribution in [0.15, 0.2) is 31.1 Å². The SMILES string of the molecule is CC(C)CC(NC(=O)C1CCCN1C(=O)C(CCC(N)=O)NC(=O)C(Cc1cnc[nH]1)NC(=O)C1CCCN1C(=O)C(CCC(N)=O)NC(=O)C(Cc1cnc[nH]1)NC(=O)C(CCS(C)=O)N1Cc2c(cc(O)c3c2OC2(C3)C(C)CCC3C(C)(C)C(O)CCC32C)C1=O)C(=O)N1CCCC1C(=O)N1CCCC1C(=O)O. The first-order chi connectivity index (χ1) is 52.6. The predicted molar refractivity (Wildman–Crippen MR) is 399 cm³/mol. The zero-order valence-corrected chi connectivity index (χ0v) is 65.0. The predicted octanol–water partition coefficient (Wildman–Crippen LogP) is 0.373. The van der Waals surface area contributed by atoms with Crippen LogP contribution in [-0.4, -0.2) is 251 Å². The van der Waals surface area contributed by atoms with Crippen molar-refractivity contribution in [2.45, 2.75) is 255 Å². The van der Waals surface area contributed by atoms with Crippen molar-refractivity contribution in [2.24, 2.45) is 40.1 Å². The molecule has 11 rings (SSSR count). The first-order valence-electron chi connectivity index (χ1n) is 39.0. The largest absolute Gasteiger partial charge is 0.508 e. The number of phenolic OH excluding ortho intramolecular Hbond substituents is 1. The van der Waals surface area contributed by atoms with Crippen molar-refractivity contribution >= 4 is 87.7 Å². The summed E-state index contributed by atoms with van der Waals surface area (Å²) in [6.45, 7) is 12.4. The third kappa shape index (κ3) is 17.3. The maximum absolute atomic E-state index is 15.2. The Balaban J connectivity index is 0.786. The van der Waals surface area contributed by atoms with Crippen LogP contribution in [0, 0.1) is 28.6 Å². The number of hydrogen-bond acceptors (Lipinski definition) is 19. The lowest BCUT2D eigenvalue weighted by Crippen LogP contribution is -2.66. The van der Waals surface area contributed by atoms with E-state index in [-0.39, 0.29) is 132 Å². The summed E-state index contributed by atoms with van der Waals surface area (Å²) in [5.74, 6) is -10.2. The van der Waals surface area contributed by atoms with Crippen molar-refractivity contribution in [3.05, 3.63) is 59.2 Å². The number of likely N-dealkylation sites (tertiary alicyclic amines) is 4. The molecule has 111 heavy (non-hydrogen) atoms. The molecule has 34 nitrogen and oxygen atoms in total. The second-order valence-corrected chi connectivity index (χ2v) is 34.4. The fourth-order valence-electron chi connectivity index (χ4n) is 19.0. The van der Waals surface area contributed by atoms with E-state index in [4.69, 9.17) is 16.2 Å². The molecule has 606 valence electrons. The quantitative estimate of drug-likeness (QED) is 0.0414. The lowest BCUT2D eigenvalue weighted by molar-refractivity contribution is -0.210. The number of H-pyrrole nitrogens is 2. The number of aromatic amines is 2. The molecule has 0 bridgehead atoms. The number of aliphatic hydroxyl groups is 1. The second-order valence-electron chi connectivity index (χ2n) is 32.8. The number of carboxylic acids is 1. The van der Waals surface area contributed by atoms with Crippen LogP contribution >= 0.6 is 0 Å². The minimum atomic E-state index is -1.58. The molecular weight excluding hydrogens is 1460 g/mol. The molecule has 2 aliphatic carbocycles. The van der Waals surface area contributed by atoms with Crippen molar-refractivity contribution in [1.82, 2.24) is 71.0 Å². The monoisotopic (exact) mass is 1560 g/mol. The number of aliphatic hydroxyl groups excluding tert-OH is 1. The lowest BCUT2D eigenvalue weighted by atomic mass is 9.43. The van der Waals surface area contributed by atoms with Crippen LogP contribution < -0.4 is 42.8 Å². The van der Waals surface area contributed by atoms with Gasteiger partial charge in [0.1, 0.15) is 77.5 Å². The number of nitrogens with one attached hydrogen (secondary N) is 7. The molecule has 2 saturated carbocycles. The van der Waals surface area contributed by atoms with Gasteiger partial charge in [-0.25, -0.2) is 14.8 Å². The van der Waals surface area contributed by atoms with Crippen LogP contribution in [0.5, 0.6) is 11.5 Å². The highest BCUT2D eigenvalue weighted by Gasteiger charge is 2.67. The van der Waals surface area contributed by atoms with E-state index >= 15 is 14.4 Å². The second kappa shape index (κ2) is 34.2. The number of primary amides is 2. The van der Waals surface area contributed by atoms with E-state index < -0.39 is 183 Å². The number of amides is 12. The molecular formula is C76H108N16O18S. The number of fused-ring (bicyclic) bond motifs is 5. The molecule has 16 atom stereocenters. The number of ether oxygens (including phenoxy) is 1. The molecule has 1 aromatic carbocycles. The maximum Gasteiger partial charge on any atom is 0.326 e. The summed E-state index contributed by atoms with van der Waals surface area (Å²) in [6, 6.07) is -11.7. The van der Waals surface area contributed by atoms with Gasteiger partial charge >= 0.3 is 5.97 Å². The molecule has 12 amide bonds. The van der Waals surface area contributed by atoms with Crippen molar-refractivity contribution in [1.29, 1.82) is 0 Å². The molecule has 2 aromatic heterocycles. The standard InChI is InChI=1S/C76H108N16O18S/c1-40(2)30-51(71(105)90-27-10-14-55(90)72(106)91-28-11-15-56(91)73(107)108)87-66(100)53-13-9-26-89(53)70(104)48(18-21-61(78)96)83-63(97)49(31-42-35-79-38-81-42)85-65(99)52-12-8-25-88(52)69(103)47(17-20-60(77)95)84-64(98)50(32-43-36-80-39-82-43)86-67(101)54(23-29-111(7)109)92-37-46-44(68(92)102)33-57(93)45-34-76(110-62(45)46)41(3)16-19-58-74(4,5)59(94)22-24-75(58,76)6/h33,35-36,38-41,47-56,58-59,93-94H,8-32,34,37H2,1-7H3,(H2,77,95)(H2,78,96)(H,79,81)(H,80,82)(H,83,97)(H,84,98)(H,85,99)(H,86,101)(H,87,100)(H,107,108). The number of aliphatic carboxylic acids is 1. The van der Waals surface area contributed by atoms with Gasteiger partial charge in [0, 0.05) is 121 Å². The molecule has 8 aliphatic rings. The van der Waals surface area contributed by atoms with E-state index in [9.17, 15) is 67.5 Å². The summed E-state index contributed by atoms with van der Waals surface area (Å²) in [4.78, 5) is 205. The number of benzene rings is 1. The number of rotatable bonds is 31. The molecule has 8 heterocycles. The Morgan fingerprint density at radius 1 is 0.649 bits per heavy atom. The molecule has 35 heteroatoms. The van der Waals surface area contributed by atoms with Gasteiger partial charge < -0.3 is 92.6 Å². The Bertz CT molecular complexity index is 4080. The van der Waals surface area contributed by atoms with E-state index in [0.29, 0.717) is 73.2 Å². The normalized spacial score (nSPS) is 26.4. The summed E-state index contributed by atoms with van der Waals surface area (Å²) in [6.07, 6.45) is 9.79. The number of phenols is 1. The number of nitrogens with two attached hydrogens (primary N) is 2. The zero-order valence-electron chi connectivity index (χ0n) is 64.2. The Morgan fingerprint density at radius 3 is 1.66 bits per heavy atom. The number of imidazole rings is 2. The number of carboxylic acid groups (broad SMARTS) is 1. The van der Waals surface area contributed by atoms with Gasteiger partial charge in [-0.15, -0.1) is 0 Å². The molecule has 16 unspecified atom stereocenters. The average molecular weight is 1570 g/mol. The van der Waals surface area contributed by atoms with Gasteiger partial charge in [0.05, 0.1) is 30.9 Å². The minimum absolute atomic E-state index is 0.00999. The molecule has 14 N–H and O–H groups in total. The van der Waals surface area contributed by atoms with Crippen LogP contribution in [-0.2, 0) is 94.1 Å². The van der Waals surface area contributed by atoms with Gasteiger partial charge in [-0.3, -0.25) is 61.7 Å². The van der Waals surface area contributed by atoms with Crippen molar-refractivity contribution in [2.75, 3.05) is 38.2 Å². The van der Waals surface area contributed by atoms with Crippen molar-refractivity contribution < 1.29 is 86.6 Å². The van der Waals surface area contributed by atoms with E-state index in [1.165, 1.54) is 61.9 Å². The number of aromatic hydroxyl groups is 1. The number of hydrogen-bond donors (Lipinski definition) is 12. The zero-order chi connectivity index (χ0) is 80.3. The van der Waals surface area contributed by atoms with Crippen LogP contribution in [0.3, 0.4) is 0 Å². The summed E-state index contributed by atoms with van der Waals surface area (Å²) >= 11 is 0. The van der Waals surface area contributed by atoms with E-state index in [1.807, 2.05) is 13.8 Å². The number of carbonyl (C=O) groups is 13. The lowest BCUT2D eigenvalue weighted by Gasteiger charge is -2.64. The smallest absolute Gasteiger partial charge is 0.326 e. The maximum atomic E-state index is 15.2. The summed E-state index contributed by atoms with van der Waals surface area (Å²) < 4.78 is 20.2. The highest BCUT2D eigenvalue weighted by molar-refractivity contribution is 7.84. The van der Waals surface area contributed by atoms with Crippen LogP contribution in [0.25, 0.3) is 0 Å². The fraction of sp³-hybridized carbons (Fsp3) is 0.671. The molecule has 3 aromatic rings.